The van der Waals surface area contributed by atoms with Gasteiger partial charge in [0.25, 0.3) is 10.0 Å². The number of rotatable bonds is 11. The first-order valence-corrected chi connectivity index (χ1v) is 12.9. The summed E-state index contributed by atoms with van der Waals surface area (Å²) >= 11 is 1.11. The first-order valence-electron chi connectivity index (χ1n) is 10.6. The van der Waals surface area contributed by atoms with Crippen LogP contribution in [0.3, 0.4) is 0 Å². The molecule has 0 N–H and O–H groups in total. The monoisotopic (exact) mass is 475 g/mol. The molecule has 1 aromatic heterocycles. The molecular weight excluding hydrogens is 442 g/mol. The average Bonchev–Trinajstić information content (AvgIpc) is 3.28. The van der Waals surface area contributed by atoms with E-state index in [1.54, 1.807) is 5.38 Å². The molecule has 1 aromatic carbocycles. The first-order chi connectivity index (χ1) is 15.1. The van der Waals surface area contributed by atoms with Crippen molar-refractivity contribution in [3.8, 4) is 17.6 Å². The molecule has 2 aromatic rings. The Labute approximate surface area is 197 Å². The van der Waals surface area contributed by atoms with Crippen molar-refractivity contribution in [2.24, 2.45) is 5.41 Å². The van der Waals surface area contributed by atoms with E-state index in [9.17, 15) is 8.42 Å². The van der Waals surface area contributed by atoms with Crippen molar-refractivity contribution in [2.75, 3.05) is 33.3 Å². The predicted octanol–water partition coefficient (Wildman–Crippen LogP) is 4.27. The molecule has 0 atom stereocenters. The SMILES string of the molecule is CCN(C/C=C/C#CC(C)(C)C)Cc1cccc(OCCN(C)S(=O)(=O)c2nccs2)c1. The standard InChI is InChI=1S/C24H33N3O3S2/c1-6-27(15-9-7-8-13-24(2,3)4)20-21-11-10-12-22(19-21)30-17-16-26(5)32(28,29)23-25-14-18-31-23/h7,9-12,14,18-19H,6,15-17,20H2,1-5H3/b9-7+. The summed E-state index contributed by atoms with van der Waals surface area (Å²) in [6.45, 7) is 11.5. The van der Waals surface area contributed by atoms with Crippen molar-refractivity contribution in [3.63, 3.8) is 0 Å². The maximum Gasteiger partial charge on any atom is 0.270 e. The molecular formula is C24H33N3O3S2. The lowest BCUT2D eigenvalue weighted by molar-refractivity contribution is 0.284. The molecule has 0 aliphatic rings. The fourth-order valence-corrected chi connectivity index (χ4v) is 4.87. The molecule has 8 heteroatoms. The van der Waals surface area contributed by atoms with Crippen LogP contribution in [0.5, 0.6) is 5.75 Å². The van der Waals surface area contributed by atoms with Crippen LogP contribution < -0.4 is 4.74 Å². The van der Waals surface area contributed by atoms with Gasteiger partial charge in [-0.1, -0.05) is 37.0 Å². The average molecular weight is 476 g/mol. The highest BCUT2D eigenvalue weighted by molar-refractivity contribution is 7.91. The van der Waals surface area contributed by atoms with Gasteiger partial charge in [-0.3, -0.25) is 4.90 Å². The van der Waals surface area contributed by atoms with E-state index < -0.39 is 10.0 Å². The second-order valence-electron chi connectivity index (χ2n) is 8.37. The van der Waals surface area contributed by atoms with Gasteiger partial charge in [0.15, 0.2) is 0 Å². The van der Waals surface area contributed by atoms with E-state index in [1.807, 2.05) is 24.3 Å². The van der Waals surface area contributed by atoms with Crippen LogP contribution in [-0.4, -0.2) is 55.9 Å². The number of likely N-dealkylation sites (N-methyl/N-ethyl adjacent to an activating group) is 2. The number of benzene rings is 1. The van der Waals surface area contributed by atoms with Gasteiger partial charge in [-0.05, 0) is 51.1 Å². The molecule has 0 unspecified atom stereocenters. The van der Waals surface area contributed by atoms with E-state index in [0.29, 0.717) is 0 Å². The van der Waals surface area contributed by atoms with Crippen molar-refractivity contribution in [1.29, 1.82) is 0 Å². The number of thiazole rings is 1. The van der Waals surface area contributed by atoms with Crippen molar-refractivity contribution < 1.29 is 13.2 Å². The fourth-order valence-electron chi connectivity index (χ4n) is 2.70. The molecule has 6 nitrogen and oxygen atoms in total. The Hall–Kier alpha value is -2.18. The Morgan fingerprint density at radius 1 is 1.28 bits per heavy atom. The van der Waals surface area contributed by atoms with Crippen molar-refractivity contribution in [2.45, 2.75) is 38.6 Å². The summed E-state index contributed by atoms with van der Waals surface area (Å²) in [6, 6.07) is 7.91. The van der Waals surface area contributed by atoms with E-state index in [0.717, 1.165) is 42.3 Å². The first kappa shape index (κ1) is 26.1. The fraction of sp³-hybridized carbons (Fsp3) is 0.458. The van der Waals surface area contributed by atoms with Crippen LogP contribution in [0.2, 0.25) is 0 Å². The second kappa shape index (κ2) is 12.2. The summed E-state index contributed by atoms with van der Waals surface area (Å²) in [5.74, 6) is 7.03. The zero-order valence-electron chi connectivity index (χ0n) is 19.5. The van der Waals surface area contributed by atoms with E-state index >= 15 is 0 Å². The molecule has 0 saturated carbocycles. The van der Waals surface area contributed by atoms with Crippen LogP contribution >= 0.6 is 11.3 Å². The maximum absolute atomic E-state index is 12.4. The van der Waals surface area contributed by atoms with Crippen LogP contribution in [0.25, 0.3) is 0 Å². The Morgan fingerprint density at radius 3 is 2.72 bits per heavy atom. The molecule has 0 fully saturated rings. The van der Waals surface area contributed by atoms with Gasteiger partial charge < -0.3 is 4.74 Å². The van der Waals surface area contributed by atoms with Crippen molar-refractivity contribution in [3.05, 3.63) is 53.6 Å². The molecule has 32 heavy (non-hydrogen) atoms. The Morgan fingerprint density at radius 2 is 2.06 bits per heavy atom. The number of ether oxygens (including phenoxy) is 1. The van der Waals surface area contributed by atoms with Crippen molar-refractivity contribution in [1.82, 2.24) is 14.2 Å². The van der Waals surface area contributed by atoms with Crippen LogP contribution in [0.1, 0.15) is 33.3 Å². The van der Waals surface area contributed by atoms with Crippen LogP contribution in [-0.2, 0) is 16.6 Å². The zero-order chi connectivity index (χ0) is 23.6. The number of aromatic nitrogens is 1. The molecule has 0 aliphatic carbocycles. The molecule has 0 amide bonds. The second-order valence-corrected chi connectivity index (χ2v) is 11.5. The van der Waals surface area contributed by atoms with Gasteiger partial charge in [0, 0.05) is 43.7 Å². The number of allylic oxidation sites excluding steroid dienone is 1. The van der Waals surface area contributed by atoms with Crippen LogP contribution in [0, 0.1) is 17.3 Å². The smallest absolute Gasteiger partial charge is 0.270 e. The summed E-state index contributed by atoms with van der Waals surface area (Å²) in [6.07, 6.45) is 5.49. The third kappa shape index (κ3) is 8.75. The third-order valence-corrected chi connectivity index (χ3v) is 7.51. The molecule has 1 heterocycles. The maximum atomic E-state index is 12.4. The third-order valence-electron chi connectivity index (χ3n) is 4.48. The van der Waals surface area contributed by atoms with Crippen LogP contribution in [0.15, 0.2) is 52.3 Å². The molecule has 0 spiro atoms. The Kier molecular flexibility index (Phi) is 9.91. The summed E-state index contributed by atoms with van der Waals surface area (Å²) in [7, 11) is -2.02. The molecule has 0 saturated heterocycles. The van der Waals surface area contributed by atoms with Gasteiger partial charge in [-0.15, -0.1) is 11.3 Å². The minimum atomic E-state index is -3.56. The van der Waals surface area contributed by atoms with E-state index in [2.05, 4.69) is 61.6 Å². The largest absolute Gasteiger partial charge is 0.492 e. The normalized spacial score (nSPS) is 12.3. The van der Waals surface area contributed by atoms with E-state index in [4.69, 9.17) is 4.74 Å². The minimum Gasteiger partial charge on any atom is -0.492 e. The minimum absolute atomic E-state index is 0.00899. The van der Waals surface area contributed by atoms with E-state index in [-0.39, 0.29) is 22.9 Å². The van der Waals surface area contributed by atoms with Gasteiger partial charge >= 0.3 is 0 Å². The topological polar surface area (TPSA) is 62.7 Å². The van der Waals surface area contributed by atoms with Crippen LogP contribution in [0.4, 0.5) is 0 Å². The highest BCUT2D eigenvalue weighted by atomic mass is 32.2. The van der Waals surface area contributed by atoms with Gasteiger partial charge in [0.05, 0.1) is 0 Å². The van der Waals surface area contributed by atoms with Gasteiger partial charge in [-0.25, -0.2) is 13.4 Å². The lowest BCUT2D eigenvalue weighted by atomic mass is 9.98. The Bertz CT molecular complexity index is 1030. The van der Waals surface area contributed by atoms with E-state index in [1.165, 1.54) is 17.5 Å². The quantitative estimate of drug-likeness (QED) is 0.454. The molecule has 2 rings (SSSR count). The highest BCUT2D eigenvalue weighted by Crippen LogP contribution is 2.18. The summed E-state index contributed by atoms with van der Waals surface area (Å²) in [5.41, 5.74) is 1.15. The number of hydrogen-bond acceptors (Lipinski definition) is 6. The highest BCUT2D eigenvalue weighted by Gasteiger charge is 2.23. The van der Waals surface area contributed by atoms with Gasteiger partial charge in [0.1, 0.15) is 12.4 Å². The van der Waals surface area contributed by atoms with Gasteiger partial charge in [-0.2, -0.15) is 4.31 Å². The molecule has 0 radical (unpaired) electrons. The van der Waals surface area contributed by atoms with Crippen molar-refractivity contribution >= 4 is 21.4 Å². The number of hydrogen-bond donors (Lipinski definition) is 0. The van der Waals surface area contributed by atoms with Gasteiger partial charge in [0.2, 0.25) is 4.34 Å². The molecule has 0 bridgehead atoms. The zero-order valence-corrected chi connectivity index (χ0v) is 21.2. The molecule has 174 valence electrons. The number of nitrogens with zero attached hydrogens (tertiary/aromatic N) is 3. The molecule has 0 aliphatic heterocycles. The number of sulfonamides is 1. The summed E-state index contributed by atoms with van der Waals surface area (Å²) in [4.78, 5) is 6.20. The summed E-state index contributed by atoms with van der Waals surface area (Å²) < 4.78 is 32.0. The summed E-state index contributed by atoms with van der Waals surface area (Å²) in [5, 5.41) is 1.65. The Balaban J connectivity index is 1.87. The lowest BCUT2D eigenvalue weighted by Crippen LogP contribution is -2.30. The predicted molar refractivity (Wildman–Crippen MR) is 131 cm³/mol. The lowest BCUT2D eigenvalue weighted by Gasteiger charge is -2.19.